The van der Waals surface area contributed by atoms with Crippen molar-refractivity contribution >= 4 is 23.5 Å². The van der Waals surface area contributed by atoms with Gasteiger partial charge in [0.15, 0.2) is 0 Å². The van der Waals surface area contributed by atoms with Crippen LogP contribution in [0.15, 0.2) is 42.5 Å². The zero-order chi connectivity index (χ0) is 17.9. The highest BCUT2D eigenvalue weighted by molar-refractivity contribution is 6.31. The van der Waals surface area contributed by atoms with Crippen molar-refractivity contribution in [3.63, 3.8) is 0 Å². The number of hydrogen-bond donors (Lipinski definition) is 0. The van der Waals surface area contributed by atoms with E-state index in [9.17, 15) is 9.59 Å². The number of benzene rings is 2. The van der Waals surface area contributed by atoms with E-state index in [0.29, 0.717) is 27.3 Å². The van der Waals surface area contributed by atoms with Crippen molar-refractivity contribution in [3.8, 4) is 11.1 Å². The Morgan fingerprint density at radius 2 is 1.54 bits per heavy atom. The molecule has 126 valence electrons. The highest BCUT2D eigenvalue weighted by atomic mass is 35.5. The van der Waals surface area contributed by atoms with Crippen molar-refractivity contribution in [3.05, 3.63) is 58.6 Å². The van der Waals surface area contributed by atoms with Crippen LogP contribution in [-0.4, -0.2) is 24.6 Å². The Morgan fingerprint density at radius 1 is 0.917 bits per heavy atom. The van der Waals surface area contributed by atoms with Crippen LogP contribution in [0.3, 0.4) is 0 Å². The molecule has 0 bridgehead atoms. The van der Waals surface area contributed by atoms with Crippen molar-refractivity contribution in [1.82, 2.24) is 0 Å². The van der Waals surface area contributed by atoms with E-state index in [4.69, 9.17) is 21.1 Å². The lowest BCUT2D eigenvalue weighted by atomic mass is 9.95. The molecule has 0 radical (unpaired) electrons. The van der Waals surface area contributed by atoms with Crippen LogP contribution in [0.4, 0.5) is 0 Å². The number of carbonyl (C=O) groups excluding carboxylic acids is 2. The molecule has 0 fully saturated rings. The van der Waals surface area contributed by atoms with E-state index in [0.717, 1.165) is 0 Å². The van der Waals surface area contributed by atoms with Crippen LogP contribution >= 0.6 is 11.6 Å². The fourth-order valence-electron chi connectivity index (χ4n) is 2.26. The van der Waals surface area contributed by atoms with Crippen molar-refractivity contribution < 1.29 is 19.1 Å². The fraction of sp³-hybridized carbons (Fsp3) is 0.263. The zero-order valence-electron chi connectivity index (χ0n) is 14.1. The van der Waals surface area contributed by atoms with Gasteiger partial charge in [0.1, 0.15) is 5.60 Å². The van der Waals surface area contributed by atoms with Crippen LogP contribution in [0.1, 0.15) is 41.5 Å². The lowest BCUT2D eigenvalue weighted by molar-refractivity contribution is 0.00701. The Labute approximate surface area is 146 Å². The number of methoxy groups -OCH3 is 1. The van der Waals surface area contributed by atoms with E-state index in [1.54, 1.807) is 63.2 Å². The molecule has 0 aromatic heterocycles. The number of carbonyl (C=O) groups is 2. The van der Waals surface area contributed by atoms with Crippen molar-refractivity contribution in [2.24, 2.45) is 0 Å². The third kappa shape index (κ3) is 4.15. The molecule has 2 aromatic carbocycles. The van der Waals surface area contributed by atoms with Crippen LogP contribution in [0, 0.1) is 0 Å². The summed E-state index contributed by atoms with van der Waals surface area (Å²) in [5, 5.41) is 0.412. The minimum absolute atomic E-state index is 0.300. The summed E-state index contributed by atoms with van der Waals surface area (Å²) in [5.41, 5.74) is 1.18. The number of ether oxygens (including phenoxy) is 2. The second-order valence-corrected chi connectivity index (χ2v) is 6.67. The Kier molecular flexibility index (Phi) is 5.30. The largest absolute Gasteiger partial charge is 0.465 e. The number of esters is 2. The van der Waals surface area contributed by atoms with Gasteiger partial charge in [0, 0.05) is 5.02 Å². The standard InChI is InChI=1S/C19H19ClO4/c1-19(2,3)24-18(22)16-11-12(20)9-10-14(16)13-7-5-6-8-15(13)17(21)23-4/h5-11H,1-4H3. The lowest BCUT2D eigenvalue weighted by Gasteiger charge is -2.21. The van der Waals surface area contributed by atoms with Gasteiger partial charge in [-0.05, 0) is 50.1 Å². The van der Waals surface area contributed by atoms with Gasteiger partial charge in [0.05, 0.1) is 18.2 Å². The van der Waals surface area contributed by atoms with Gasteiger partial charge in [-0.25, -0.2) is 9.59 Å². The molecule has 5 heteroatoms. The van der Waals surface area contributed by atoms with Gasteiger partial charge in [0.2, 0.25) is 0 Å². The maximum Gasteiger partial charge on any atom is 0.339 e. The highest BCUT2D eigenvalue weighted by Crippen LogP contribution is 2.31. The normalized spacial score (nSPS) is 11.0. The molecule has 0 N–H and O–H groups in total. The van der Waals surface area contributed by atoms with Crippen LogP contribution in [0.25, 0.3) is 11.1 Å². The molecular formula is C19H19ClO4. The van der Waals surface area contributed by atoms with Gasteiger partial charge in [-0.3, -0.25) is 0 Å². The van der Waals surface area contributed by atoms with E-state index >= 15 is 0 Å². The average molecular weight is 347 g/mol. The van der Waals surface area contributed by atoms with E-state index < -0.39 is 17.5 Å². The van der Waals surface area contributed by atoms with E-state index in [-0.39, 0.29) is 0 Å². The first-order chi connectivity index (χ1) is 11.2. The van der Waals surface area contributed by atoms with Crippen molar-refractivity contribution in [1.29, 1.82) is 0 Å². The van der Waals surface area contributed by atoms with Crippen LogP contribution in [-0.2, 0) is 9.47 Å². The Hall–Kier alpha value is -2.33. The quantitative estimate of drug-likeness (QED) is 0.752. The van der Waals surface area contributed by atoms with E-state index in [2.05, 4.69) is 0 Å². The second-order valence-electron chi connectivity index (χ2n) is 6.23. The van der Waals surface area contributed by atoms with Crippen molar-refractivity contribution in [2.45, 2.75) is 26.4 Å². The summed E-state index contributed by atoms with van der Waals surface area (Å²) in [4.78, 5) is 24.6. The van der Waals surface area contributed by atoms with Crippen LogP contribution in [0.5, 0.6) is 0 Å². The Bertz CT molecular complexity index is 775. The molecule has 4 nitrogen and oxygen atoms in total. The second kappa shape index (κ2) is 7.05. The number of halogens is 1. The SMILES string of the molecule is COC(=O)c1ccccc1-c1ccc(Cl)cc1C(=O)OC(C)(C)C. The van der Waals surface area contributed by atoms with Crippen molar-refractivity contribution in [2.75, 3.05) is 7.11 Å². The van der Waals surface area contributed by atoms with Gasteiger partial charge >= 0.3 is 11.9 Å². The summed E-state index contributed by atoms with van der Waals surface area (Å²) in [7, 11) is 1.32. The summed E-state index contributed by atoms with van der Waals surface area (Å²) in [6.07, 6.45) is 0. The Balaban J connectivity index is 2.61. The summed E-state index contributed by atoms with van der Waals surface area (Å²) in [6.45, 7) is 5.37. The predicted octanol–water partition coefficient (Wildman–Crippen LogP) is 4.75. The van der Waals surface area contributed by atoms with Gasteiger partial charge in [0.25, 0.3) is 0 Å². The first-order valence-electron chi connectivity index (χ1n) is 7.43. The third-order valence-corrected chi connectivity index (χ3v) is 3.46. The Morgan fingerprint density at radius 3 is 2.17 bits per heavy atom. The molecule has 0 saturated heterocycles. The maximum absolute atomic E-state index is 12.6. The molecule has 0 saturated carbocycles. The topological polar surface area (TPSA) is 52.6 Å². The van der Waals surface area contributed by atoms with Gasteiger partial charge in [-0.15, -0.1) is 0 Å². The molecule has 0 aliphatic carbocycles. The highest BCUT2D eigenvalue weighted by Gasteiger charge is 2.23. The van der Waals surface area contributed by atoms with E-state index in [1.807, 2.05) is 0 Å². The minimum Gasteiger partial charge on any atom is -0.465 e. The van der Waals surface area contributed by atoms with Gasteiger partial charge < -0.3 is 9.47 Å². The molecular weight excluding hydrogens is 328 g/mol. The first kappa shape index (κ1) is 18.0. The average Bonchev–Trinajstić information content (AvgIpc) is 2.52. The molecule has 0 atom stereocenters. The predicted molar refractivity (Wildman–Crippen MR) is 93.4 cm³/mol. The minimum atomic E-state index is -0.640. The van der Waals surface area contributed by atoms with Gasteiger partial charge in [-0.2, -0.15) is 0 Å². The van der Waals surface area contributed by atoms with E-state index in [1.165, 1.54) is 7.11 Å². The maximum atomic E-state index is 12.6. The van der Waals surface area contributed by atoms with Crippen LogP contribution < -0.4 is 0 Å². The smallest absolute Gasteiger partial charge is 0.339 e. The molecule has 0 heterocycles. The fourth-order valence-corrected chi connectivity index (χ4v) is 2.43. The lowest BCUT2D eigenvalue weighted by Crippen LogP contribution is -2.24. The summed E-state index contributed by atoms with van der Waals surface area (Å²) in [5.74, 6) is -0.977. The monoisotopic (exact) mass is 346 g/mol. The van der Waals surface area contributed by atoms with Crippen LogP contribution in [0.2, 0.25) is 5.02 Å². The molecule has 0 unspecified atom stereocenters. The first-order valence-corrected chi connectivity index (χ1v) is 7.81. The molecule has 24 heavy (non-hydrogen) atoms. The molecule has 2 aromatic rings. The number of rotatable bonds is 3. The van der Waals surface area contributed by atoms with Gasteiger partial charge in [-0.1, -0.05) is 35.9 Å². The third-order valence-electron chi connectivity index (χ3n) is 3.22. The number of hydrogen-bond acceptors (Lipinski definition) is 4. The molecule has 0 amide bonds. The molecule has 0 spiro atoms. The summed E-state index contributed by atoms with van der Waals surface area (Å²) >= 11 is 6.05. The molecule has 0 aliphatic heterocycles. The summed E-state index contributed by atoms with van der Waals surface area (Å²) in [6, 6.07) is 11.8. The zero-order valence-corrected chi connectivity index (χ0v) is 14.8. The molecule has 2 rings (SSSR count). The molecule has 0 aliphatic rings. The summed E-state index contributed by atoms with van der Waals surface area (Å²) < 4.78 is 10.3.